The molecule has 3 aliphatic heterocycles. The van der Waals surface area contributed by atoms with Gasteiger partial charge in [-0.15, -0.1) is 0 Å². The van der Waals surface area contributed by atoms with E-state index in [4.69, 9.17) is 0 Å². The zero-order chi connectivity index (χ0) is 26.6. The summed E-state index contributed by atoms with van der Waals surface area (Å²) in [5, 5.41) is 2.83. The Kier molecular flexibility index (Phi) is 5.88. The zero-order valence-corrected chi connectivity index (χ0v) is 22.1. The Morgan fingerprint density at radius 2 is 1.76 bits per heavy atom. The molecule has 0 spiro atoms. The first-order chi connectivity index (χ1) is 18.2. The summed E-state index contributed by atoms with van der Waals surface area (Å²) >= 11 is 0. The minimum absolute atomic E-state index is 0.0682. The fourth-order valence-electron chi connectivity index (χ4n) is 5.32. The van der Waals surface area contributed by atoms with Crippen LogP contribution in [0.1, 0.15) is 32.9 Å². The van der Waals surface area contributed by atoms with Crippen molar-refractivity contribution in [2.75, 3.05) is 49.4 Å². The Bertz CT molecular complexity index is 1600. The van der Waals surface area contributed by atoms with Crippen molar-refractivity contribution in [3.63, 3.8) is 0 Å². The molecule has 1 saturated heterocycles. The maximum absolute atomic E-state index is 13.6. The molecule has 0 atom stereocenters. The molecular formula is C28H29N5O4S. The number of aryl methyl sites for hydroxylation is 1. The number of nitrogens with one attached hydrogen (secondary N) is 2. The third-order valence-corrected chi connectivity index (χ3v) is 9.38. The summed E-state index contributed by atoms with van der Waals surface area (Å²) in [5.41, 5.74) is 5.06. The van der Waals surface area contributed by atoms with Gasteiger partial charge in [0, 0.05) is 49.7 Å². The first-order valence-electron chi connectivity index (χ1n) is 12.7. The highest BCUT2D eigenvalue weighted by molar-refractivity contribution is 7.92. The minimum atomic E-state index is -3.81. The molecule has 2 N–H and O–H groups in total. The molecule has 2 aromatic carbocycles. The lowest BCUT2D eigenvalue weighted by atomic mass is 10.1. The average Bonchev–Trinajstić information content (AvgIpc) is 3.59. The van der Waals surface area contributed by atoms with E-state index in [-0.39, 0.29) is 16.7 Å². The molecule has 4 heterocycles. The van der Waals surface area contributed by atoms with Gasteiger partial charge in [0.2, 0.25) is 0 Å². The van der Waals surface area contributed by atoms with Crippen LogP contribution in [0.15, 0.2) is 53.4 Å². The van der Waals surface area contributed by atoms with Crippen LogP contribution in [0.2, 0.25) is 0 Å². The first kappa shape index (κ1) is 24.4. The highest BCUT2D eigenvalue weighted by Gasteiger charge is 2.33. The Hall–Kier alpha value is -3.89. The normalized spacial score (nSPS) is 18.6. The van der Waals surface area contributed by atoms with Gasteiger partial charge in [-0.3, -0.25) is 13.9 Å². The summed E-state index contributed by atoms with van der Waals surface area (Å²) in [7, 11) is -1.78. The second-order valence-electron chi connectivity index (χ2n) is 10.1. The standard InChI is InChI=1S/C28H29N5O4S/c1-18-15-25(28(35)32-13-11-31(2)12-14-32)29-24(18)17-22-21-16-20(7-8-23(21)30-27(22)34)38(36,37)33-10-9-19-5-3-4-6-26(19)33/h3-8,15-17,29H,9-14H2,1-2H3,(H,30,34). The van der Waals surface area contributed by atoms with E-state index in [9.17, 15) is 18.0 Å². The number of piperazine rings is 1. The molecule has 0 saturated carbocycles. The van der Waals surface area contributed by atoms with Crippen molar-refractivity contribution in [2.24, 2.45) is 0 Å². The van der Waals surface area contributed by atoms with E-state index in [1.54, 1.807) is 24.3 Å². The molecule has 1 aromatic heterocycles. The van der Waals surface area contributed by atoms with Crippen LogP contribution in [-0.4, -0.2) is 74.8 Å². The molecule has 1 fully saturated rings. The minimum Gasteiger partial charge on any atom is -0.351 e. The van der Waals surface area contributed by atoms with Gasteiger partial charge in [0.25, 0.3) is 21.8 Å². The van der Waals surface area contributed by atoms with Gasteiger partial charge in [-0.25, -0.2) is 8.42 Å². The van der Waals surface area contributed by atoms with Crippen LogP contribution in [0.5, 0.6) is 0 Å². The number of sulfonamides is 1. The van der Waals surface area contributed by atoms with Crippen LogP contribution < -0.4 is 9.62 Å². The SMILES string of the molecule is Cc1cc(C(=O)N2CCN(C)CC2)[nH]c1C=C1C(=O)Nc2ccc(S(=O)(=O)N3CCc4ccccc43)cc21. The van der Waals surface area contributed by atoms with Crippen LogP contribution in [0.25, 0.3) is 11.6 Å². The largest absolute Gasteiger partial charge is 0.351 e. The Balaban J connectivity index is 1.32. The van der Waals surface area contributed by atoms with Gasteiger partial charge in [0.05, 0.1) is 16.2 Å². The number of fused-ring (bicyclic) bond motifs is 2. The number of anilines is 2. The number of carbonyl (C=O) groups excluding carboxylic acids is 2. The smallest absolute Gasteiger partial charge is 0.270 e. The van der Waals surface area contributed by atoms with Gasteiger partial charge < -0.3 is 20.1 Å². The van der Waals surface area contributed by atoms with E-state index >= 15 is 0 Å². The Morgan fingerprint density at radius 3 is 2.55 bits per heavy atom. The molecule has 0 aliphatic carbocycles. The quantitative estimate of drug-likeness (QED) is 0.504. The van der Waals surface area contributed by atoms with Gasteiger partial charge >= 0.3 is 0 Å². The van der Waals surface area contributed by atoms with E-state index < -0.39 is 10.0 Å². The maximum atomic E-state index is 13.6. The van der Waals surface area contributed by atoms with E-state index in [1.807, 2.05) is 43.1 Å². The molecule has 10 heteroatoms. The van der Waals surface area contributed by atoms with Gasteiger partial charge in [-0.2, -0.15) is 0 Å². The number of likely N-dealkylation sites (N-methyl/N-ethyl adjacent to an activating group) is 1. The fraction of sp³-hybridized carbons (Fsp3) is 0.286. The van der Waals surface area contributed by atoms with Gasteiger partial charge in [0.1, 0.15) is 5.69 Å². The lowest BCUT2D eigenvalue weighted by Crippen LogP contribution is -2.47. The predicted octanol–water partition coefficient (Wildman–Crippen LogP) is 2.95. The Labute approximate surface area is 221 Å². The number of aromatic nitrogens is 1. The number of H-pyrrole nitrogens is 1. The summed E-state index contributed by atoms with van der Waals surface area (Å²) < 4.78 is 28.6. The molecule has 3 aromatic rings. The van der Waals surface area contributed by atoms with Crippen molar-refractivity contribution < 1.29 is 18.0 Å². The Morgan fingerprint density at radius 1 is 1.00 bits per heavy atom. The van der Waals surface area contributed by atoms with Crippen LogP contribution in [0.4, 0.5) is 11.4 Å². The molecule has 2 amide bonds. The highest BCUT2D eigenvalue weighted by Crippen LogP contribution is 2.38. The number of rotatable bonds is 4. The van der Waals surface area contributed by atoms with E-state index in [0.29, 0.717) is 60.0 Å². The highest BCUT2D eigenvalue weighted by atomic mass is 32.2. The number of carbonyl (C=O) groups is 2. The monoisotopic (exact) mass is 531 g/mol. The van der Waals surface area contributed by atoms with E-state index in [2.05, 4.69) is 15.2 Å². The number of benzene rings is 2. The van der Waals surface area contributed by atoms with Crippen molar-refractivity contribution in [1.29, 1.82) is 0 Å². The van der Waals surface area contributed by atoms with Crippen LogP contribution in [0, 0.1) is 6.92 Å². The average molecular weight is 532 g/mol. The number of hydrogen-bond donors (Lipinski definition) is 2. The lowest BCUT2D eigenvalue weighted by Gasteiger charge is -2.32. The van der Waals surface area contributed by atoms with Crippen molar-refractivity contribution in [3.8, 4) is 0 Å². The molecule has 9 nitrogen and oxygen atoms in total. The molecule has 38 heavy (non-hydrogen) atoms. The molecule has 0 radical (unpaired) electrons. The second kappa shape index (κ2) is 9.14. The number of hydrogen-bond acceptors (Lipinski definition) is 5. The van der Waals surface area contributed by atoms with Crippen LogP contribution >= 0.6 is 0 Å². The summed E-state index contributed by atoms with van der Waals surface area (Å²) in [4.78, 5) is 33.3. The number of para-hydroxylation sites is 1. The summed E-state index contributed by atoms with van der Waals surface area (Å²) in [6.07, 6.45) is 2.35. The van der Waals surface area contributed by atoms with Crippen molar-refractivity contribution in [3.05, 3.63) is 76.6 Å². The molecule has 0 bridgehead atoms. The van der Waals surface area contributed by atoms with Gasteiger partial charge in [-0.05, 0) is 67.9 Å². The first-order valence-corrected chi connectivity index (χ1v) is 14.1. The predicted molar refractivity (Wildman–Crippen MR) is 147 cm³/mol. The fourth-order valence-corrected chi connectivity index (χ4v) is 6.85. The van der Waals surface area contributed by atoms with Crippen molar-refractivity contribution in [2.45, 2.75) is 18.2 Å². The number of aromatic amines is 1. The number of amides is 2. The van der Waals surface area contributed by atoms with Crippen LogP contribution in [-0.2, 0) is 21.2 Å². The molecule has 3 aliphatic rings. The lowest BCUT2D eigenvalue weighted by molar-refractivity contribution is -0.110. The number of nitrogens with zero attached hydrogens (tertiary/aromatic N) is 3. The topological polar surface area (TPSA) is 106 Å². The maximum Gasteiger partial charge on any atom is 0.270 e. The summed E-state index contributed by atoms with van der Waals surface area (Å²) in [6, 6.07) is 14.0. The summed E-state index contributed by atoms with van der Waals surface area (Å²) in [5.74, 6) is -0.386. The molecule has 196 valence electrons. The molecule has 0 unspecified atom stereocenters. The third kappa shape index (κ3) is 4.10. The van der Waals surface area contributed by atoms with Gasteiger partial charge in [-0.1, -0.05) is 18.2 Å². The van der Waals surface area contributed by atoms with E-state index in [1.165, 1.54) is 10.4 Å². The zero-order valence-electron chi connectivity index (χ0n) is 21.3. The van der Waals surface area contributed by atoms with Crippen LogP contribution in [0.3, 0.4) is 0 Å². The second-order valence-corrected chi connectivity index (χ2v) is 11.9. The molecule has 6 rings (SSSR count). The van der Waals surface area contributed by atoms with E-state index in [0.717, 1.165) is 24.2 Å². The third-order valence-electron chi connectivity index (χ3n) is 7.57. The van der Waals surface area contributed by atoms with Crippen molar-refractivity contribution >= 4 is 44.9 Å². The van der Waals surface area contributed by atoms with Crippen molar-refractivity contribution in [1.82, 2.24) is 14.8 Å². The summed E-state index contributed by atoms with van der Waals surface area (Å²) in [6.45, 7) is 5.24. The van der Waals surface area contributed by atoms with Gasteiger partial charge in [0.15, 0.2) is 0 Å². The molecular weight excluding hydrogens is 502 g/mol.